The monoisotopic (exact) mass is 337 g/mol. The number of fused-ring (bicyclic) bond motifs is 1. The van der Waals surface area contributed by atoms with Gasteiger partial charge in [0.1, 0.15) is 0 Å². The van der Waals surface area contributed by atoms with Gasteiger partial charge in [-0.05, 0) is 25.7 Å². The molecule has 1 aliphatic carbocycles. The Balaban J connectivity index is 2.01. The summed E-state index contributed by atoms with van der Waals surface area (Å²) in [4.78, 5) is 13.5. The zero-order valence-electron chi connectivity index (χ0n) is 11.5. The van der Waals surface area contributed by atoms with Gasteiger partial charge in [0.2, 0.25) is 5.91 Å². The molecule has 0 unspecified atom stereocenters. The number of aryl methyl sites for hydroxylation is 1. The lowest BCUT2D eigenvalue weighted by Crippen LogP contribution is -2.32. The highest BCUT2D eigenvalue weighted by Gasteiger charge is 2.49. The predicted octanol–water partition coefficient (Wildman–Crippen LogP) is 1.58. The van der Waals surface area contributed by atoms with Gasteiger partial charge in [0, 0.05) is 24.7 Å². The predicted molar refractivity (Wildman–Crippen MR) is 69.2 cm³/mol. The van der Waals surface area contributed by atoms with Gasteiger partial charge >= 0.3 is 15.5 Å². The fraction of sp³-hybridized carbons (Fsp3) is 0.667. The Hall–Kier alpha value is -1.58. The first-order valence-corrected chi connectivity index (χ1v) is 8.35. The van der Waals surface area contributed by atoms with Gasteiger partial charge in [0.15, 0.2) is 0 Å². The van der Waals surface area contributed by atoms with Crippen molar-refractivity contribution in [1.29, 1.82) is 0 Å². The molecule has 6 nitrogen and oxygen atoms in total. The summed E-state index contributed by atoms with van der Waals surface area (Å²) in [6.07, 6.45) is 3.71. The van der Waals surface area contributed by atoms with Crippen molar-refractivity contribution < 1.29 is 26.4 Å². The van der Waals surface area contributed by atoms with Gasteiger partial charge in [-0.25, -0.2) is 0 Å². The fourth-order valence-electron chi connectivity index (χ4n) is 3.04. The molecule has 0 aromatic carbocycles. The van der Waals surface area contributed by atoms with Gasteiger partial charge in [-0.15, -0.1) is 0 Å². The molecular weight excluding hydrogens is 323 g/mol. The zero-order chi connectivity index (χ0) is 16.1. The van der Waals surface area contributed by atoms with Gasteiger partial charge in [0.05, 0.1) is 11.7 Å². The molecule has 0 radical (unpaired) electrons. The van der Waals surface area contributed by atoms with Gasteiger partial charge in [-0.1, -0.05) is 0 Å². The summed E-state index contributed by atoms with van der Waals surface area (Å²) in [6.45, 7) is 0.542. The molecule has 1 atom stereocenters. The average molecular weight is 337 g/mol. The summed E-state index contributed by atoms with van der Waals surface area (Å²) >= 11 is 0. The van der Waals surface area contributed by atoms with Crippen molar-refractivity contribution in [2.24, 2.45) is 0 Å². The zero-order valence-corrected chi connectivity index (χ0v) is 12.3. The van der Waals surface area contributed by atoms with Gasteiger partial charge in [-0.3, -0.25) is 4.79 Å². The first-order valence-electron chi connectivity index (χ1n) is 6.91. The highest BCUT2D eigenvalue weighted by molar-refractivity contribution is 7.90. The lowest BCUT2D eigenvalue weighted by atomic mass is 9.92. The van der Waals surface area contributed by atoms with Crippen LogP contribution in [-0.2, 0) is 21.2 Å². The van der Waals surface area contributed by atoms with Gasteiger partial charge < -0.3 is 4.90 Å². The lowest BCUT2D eigenvalue weighted by Gasteiger charge is -2.30. The highest BCUT2D eigenvalue weighted by atomic mass is 32.2. The van der Waals surface area contributed by atoms with Crippen molar-refractivity contribution >= 4 is 15.9 Å². The molecule has 1 aromatic rings. The molecule has 1 aliphatic heterocycles. The molecular formula is C12H14F3N3O3S. The normalized spacial score (nSPS) is 23.0. The Labute approximate surface area is 124 Å². The van der Waals surface area contributed by atoms with Crippen LogP contribution < -0.4 is 0 Å². The van der Waals surface area contributed by atoms with Crippen molar-refractivity contribution in [1.82, 2.24) is 14.1 Å². The standard InChI is InChI=1S/C12H14F3N3O3S/c13-12(14,15)22(20,21)18-7-8-9(16-18)3-1-4-10(8)17-6-2-5-11(17)19/h7,10H,1-6H2/t10-/m1/s1. The molecule has 122 valence electrons. The number of halogens is 3. The quantitative estimate of drug-likeness (QED) is 0.821. The van der Waals surface area contributed by atoms with Crippen molar-refractivity contribution in [2.75, 3.05) is 6.54 Å². The molecule has 10 heteroatoms. The van der Waals surface area contributed by atoms with E-state index >= 15 is 0 Å². The van der Waals surface area contributed by atoms with Gasteiger partial charge in [0.25, 0.3) is 0 Å². The van der Waals surface area contributed by atoms with E-state index in [4.69, 9.17) is 0 Å². The van der Waals surface area contributed by atoms with E-state index in [1.165, 1.54) is 0 Å². The smallest absolute Gasteiger partial charge is 0.336 e. The van der Waals surface area contributed by atoms with E-state index < -0.39 is 15.5 Å². The Kier molecular flexibility index (Phi) is 3.46. The fourth-order valence-corrected chi connectivity index (χ4v) is 3.71. The summed E-state index contributed by atoms with van der Waals surface area (Å²) in [5.74, 6) is -0.0516. The molecule has 22 heavy (non-hydrogen) atoms. The third-order valence-electron chi connectivity index (χ3n) is 4.08. The summed E-state index contributed by atoms with van der Waals surface area (Å²) in [5, 5.41) is 3.61. The number of rotatable bonds is 2. The summed E-state index contributed by atoms with van der Waals surface area (Å²) < 4.78 is 60.8. The van der Waals surface area contributed by atoms with E-state index in [0.29, 0.717) is 49.9 Å². The molecule has 1 amide bonds. The molecule has 0 N–H and O–H groups in total. The van der Waals surface area contributed by atoms with E-state index in [0.717, 1.165) is 6.20 Å². The Morgan fingerprint density at radius 1 is 1.23 bits per heavy atom. The van der Waals surface area contributed by atoms with Crippen molar-refractivity contribution in [3.8, 4) is 0 Å². The van der Waals surface area contributed by atoms with Crippen LogP contribution in [-0.4, -0.2) is 40.5 Å². The maximum atomic E-state index is 12.6. The Morgan fingerprint density at radius 3 is 2.55 bits per heavy atom. The molecule has 0 saturated carbocycles. The number of amides is 1. The summed E-state index contributed by atoms with van der Waals surface area (Å²) in [5.41, 5.74) is -4.67. The largest absolute Gasteiger partial charge is 0.518 e. The van der Waals surface area contributed by atoms with Crippen LogP contribution in [0.2, 0.25) is 0 Å². The maximum absolute atomic E-state index is 12.6. The minimum Gasteiger partial charge on any atom is -0.336 e. The van der Waals surface area contributed by atoms with Crippen LogP contribution in [0.15, 0.2) is 6.20 Å². The Morgan fingerprint density at radius 2 is 1.95 bits per heavy atom. The van der Waals surface area contributed by atoms with E-state index in [1.54, 1.807) is 4.90 Å². The van der Waals surface area contributed by atoms with Crippen LogP contribution in [0.3, 0.4) is 0 Å². The molecule has 2 aliphatic rings. The van der Waals surface area contributed by atoms with E-state index in [2.05, 4.69) is 5.10 Å². The van der Waals surface area contributed by atoms with E-state index in [9.17, 15) is 26.4 Å². The summed E-state index contributed by atoms with van der Waals surface area (Å²) in [7, 11) is -5.53. The number of carbonyl (C=O) groups is 1. The van der Waals surface area contributed by atoms with Gasteiger partial charge in [-0.2, -0.15) is 30.8 Å². The van der Waals surface area contributed by atoms with Crippen molar-refractivity contribution in [3.63, 3.8) is 0 Å². The van der Waals surface area contributed by atoms with Crippen LogP contribution in [0.5, 0.6) is 0 Å². The topological polar surface area (TPSA) is 72.3 Å². The third kappa shape index (κ3) is 2.29. The number of alkyl halides is 3. The minimum atomic E-state index is -5.53. The number of likely N-dealkylation sites (tertiary alicyclic amines) is 1. The molecule has 3 rings (SSSR count). The molecule has 1 saturated heterocycles. The van der Waals surface area contributed by atoms with Crippen LogP contribution in [0.25, 0.3) is 0 Å². The van der Waals surface area contributed by atoms with Crippen LogP contribution >= 0.6 is 0 Å². The molecule has 2 heterocycles. The molecule has 1 fully saturated rings. The average Bonchev–Trinajstić information content (AvgIpc) is 3.02. The molecule has 1 aromatic heterocycles. The Bertz CT molecular complexity index is 711. The van der Waals surface area contributed by atoms with Crippen molar-refractivity contribution in [2.45, 2.75) is 43.7 Å². The maximum Gasteiger partial charge on any atom is 0.518 e. The van der Waals surface area contributed by atoms with Crippen molar-refractivity contribution in [3.05, 3.63) is 17.5 Å². The van der Waals surface area contributed by atoms with E-state index in [-0.39, 0.29) is 16.0 Å². The molecule has 0 bridgehead atoms. The number of hydrogen-bond donors (Lipinski definition) is 0. The second-order valence-electron chi connectivity index (χ2n) is 5.45. The molecule has 0 spiro atoms. The number of hydrogen-bond acceptors (Lipinski definition) is 4. The minimum absolute atomic E-state index is 0.00344. The second-order valence-corrected chi connectivity index (χ2v) is 7.24. The highest BCUT2D eigenvalue weighted by Crippen LogP contribution is 2.37. The number of nitrogens with zero attached hydrogens (tertiary/aromatic N) is 3. The first kappa shape index (κ1) is 15.3. The van der Waals surface area contributed by atoms with E-state index in [1.807, 2.05) is 0 Å². The summed E-state index contributed by atoms with van der Waals surface area (Å²) in [6, 6.07) is -0.379. The van der Waals surface area contributed by atoms with Crippen LogP contribution in [0, 0.1) is 0 Å². The lowest BCUT2D eigenvalue weighted by molar-refractivity contribution is -0.130. The third-order valence-corrected chi connectivity index (χ3v) is 5.34. The second kappa shape index (κ2) is 4.97. The SMILES string of the molecule is O=C1CCCN1[C@@H]1CCCc2nn(S(=O)(=O)C(F)(F)F)cc21. The van der Waals surface area contributed by atoms with Crippen LogP contribution in [0.1, 0.15) is 43.0 Å². The van der Waals surface area contributed by atoms with Crippen LogP contribution in [0.4, 0.5) is 13.2 Å². The number of carbonyl (C=O) groups excluding carboxylic acids is 1. The first-order chi connectivity index (χ1) is 10.2. The number of aromatic nitrogens is 2.